The molecule has 0 bridgehead atoms. The van der Waals surface area contributed by atoms with Crippen LogP contribution in [0.4, 0.5) is 0 Å². The molecule has 0 heterocycles. The third kappa shape index (κ3) is 4.14. The summed E-state index contributed by atoms with van der Waals surface area (Å²) in [5, 5.41) is 13.2. The average Bonchev–Trinajstić information content (AvgIpc) is 2.24. The van der Waals surface area contributed by atoms with Crippen molar-refractivity contribution in [1.82, 2.24) is 5.32 Å². The zero-order chi connectivity index (χ0) is 12.0. The molecule has 90 valence electrons. The van der Waals surface area contributed by atoms with Gasteiger partial charge in [-0.3, -0.25) is 0 Å². The molecular formula is C13H20BrNO. The second kappa shape index (κ2) is 6.92. The molecule has 0 fully saturated rings. The molecule has 0 saturated carbocycles. The number of unbranched alkanes of at least 4 members (excludes halogenated alkanes) is 2. The van der Waals surface area contributed by atoms with Crippen molar-refractivity contribution in [2.45, 2.75) is 39.7 Å². The molecule has 1 aromatic rings. The Morgan fingerprint density at radius 3 is 2.75 bits per heavy atom. The molecule has 2 N–H and O–H groups in total. The maximum atomic E-state index is 9.84. The molecule has 2 nitrogen and oxygen atoms in total. The summed E-state index contributed by atoms with van der Waals surface area (Å²) in [7, 11) is 0. The van der Waals surface area contributed by atoms with Crippen molar-refractivity contribution in [2.24, 2.45) is 0 Å². The van der Waals surface area contributed by atoms with E-state index in [0.29, 0.717) is 5.75 Å². The Labute approximate surface area is 106 Å². The highest BCUT2D eigenvalue weighted by Gasteiger charge is 2.05. The molecule has 0 unspecified atom stereocenters. The quantitative estimate of drug-likeness (QED) is 0.781. The predicted molar refractivity (Wildman–Crippen MR) is 71.8 cm³/mol. The number of hydrogen-bond donors (Lipinski definition) is 2. The van der Waals surface area contributed by atoms with Gasteiger partial charge in [0.05, 0.1) is 4.47 Å². The first kappa shape index (κ1) is 13.5. The Morgan fingerprint density at radius 1 is 1.31 bits per heavy atom. The molecule has 1 rings (SSSR count). The maximum absolute atomic E-state index is 9.84. The summed E-state index contributed by atoms with van der Waals surface area (Å²) in [4.78, 5) is 0. The van der Waals surface area contributed by atoms with Crippen molar-refractivity contribution in [1.29, 1.82) is 0 Å². The Bertz CT molecular complexity index is 339. The first-order chi connectivity index (χ1) is 7.65. The smallest absolute Gasteiger partial charge is 0.134 e. The lowest BCUT2D eigenvalue weighted by molar-refractivity contribution is 0.460. The van der Waals surface area contributed by atoms with Crippen LogP contribution >= 0.6 is 15.9 Å². The Balaban J connectivity index is 2.47. The monoisotopic (exact) mass is 285 g/mol. The topological polar surface area (TPSA) is 32.3 Å². The molecule has 0 aliphatic rings. The lowest BCUT2D eigenvalue weighted by Gasteiger charge is -2.09. The van der Waals surface area contributed by atoms with Crippen molar-refractivity contribution >= 4 is 15.9 Å². The summed E-state index contributed by atoms with van der Waals surface area (Å²) in [6.07, 6.45) is 3.70. The summed E-state index contributed by atoms with van der Waals surface area (Å²) < 4.78 is 0.776. The molecule has 1 aromatic carbocycles. The molecule has 16 heavy (non-hydrogen) atoms. The number of aryl methyl sites for hydroxylation is 1. The van der Waals surface area contributed by atoms with Gasteiger partial charge in [0.1, 0.15) is 5.75 Å². The van der Waals surface area contributed by atoms with Crippen LogP contribution < -0.4 is 5.32 Å². The van der Waals surface area contributed by atoms with Gasteiger partial charge < -0.3 is 10.4 Å². The minimum Gasteiger partial charge on any atom is -0.506 e. The Hall–Kier alpha value is -0.540. The molecule has 0 aromatic heterocycles. The maximum Gasteiger partial charge on any atom is 0.134 e. The van der Waals surface area contributed by atoms with E-state index >= 15 is 0 Å². The van der Waals surface area contributed by atoms with Gasteiger partial charge in [-0.25, -0.2) is 0 Å². The van der Waals surface area contributed by atoms with Gasteiger partial charge in [0.25, 0.3) is 0 Å². The van der Waals surface area contributed by atoms with E-state index < -0.39 is 0 Å². The molecule has 0 radical (unpaired) electrons. The van der Waals surface area contributed by atoms with Crippen LogP contribution in [0.1, 0.15) is 37.3 Å². The van der Waals surface area contributed by atoms with Crippen LogP contribution in [-0.4, -0.2) is 11.7 Å². The molecule has 0 saturated heterocycles. The lowest BCUT2D eigenvalue weighted by atomic mass is 10.1. The van der Waals surface area contributed by atoms with Gasteiger partial charge in [0.2, 0.25) is 0 Å². The van der Waals surface area contributed by atoms with Crippen LogP contribution in [0, 0.1) is 6.92 Å². The Morgan fingerprint density at radius 2 is 2.06 bits per heavy atom. The minimum absolute atomic E-state index is 0.355. The van der Waals surface area contributed by atoms with Crippen LogP contribution in [0.3, 0.4) is 0 Å². The van der Waals surface area contributed by atoms with Crippen molar-refractivity contribution < 1.29 is 5.11 Å². The van der Waals surface area contributed by atoms with Gasteiger partial charge >= 0.3 is 0 Å². The highest BCUT2D eigenvalue weighted by atomic mass is 79.9. The van der Waals surface area contributed by atoms with Gasteiger partial charge in [-0.05, 0) is 47.4 Å². The highest BCUT2D eigenvalue weighted by Crippen LogP contribution is 2.29. The molecule has 3 heteroatoms. The van der Waals surface area contributed by atoms with E-state index in [2.05, 4.69) is 28.2 Å². The fourth-order valence-electron chi connectivity index (χ4n) is 1.66. The summed E-state index contributed by atoms with van der Waals surface area (Å²) in [5.74, 6) is 0.355. The van der Waals surface area contributed by atoms with Gasteiger partial charge in [-0.15, -0.1) is 0 Å². The normalized spacial score (nSPS) is 10.7. The number of hydrogen-bond acceptors (Lipinski definition) is 2. The number of halogens is 1. The number of phenols is 1. The number of nitrogens with one attached hydrogen (secondary N) is 1. The summed E-state index contributed by atoms with van der Waals surface area (Å²) in [6, 6.07) is 3.95. The van der Waals surface area contributed by atoms with Gasteiger partial charge in [0, 0.05) is 12.1 Å². The van der Waals surface area contributed by atoms with E-state index in [0.717, 1.165) is 28.7 Å². The number of rotatable bonds is 6. The number of benzene rings is 1. The summed E-state index contributed by atoms with van der Waals surface area (Å²) >= 11 is 3.35. The summed E-state index contributed by atoms with van der Waals surface area (Å²) in [6.45, 7) is 5.98. The van der Waals surface area contributed by atoms with Crippen molar-refractivity contribution in [3.63, 3.8) is 0 Å². The highest BCUT2D eigenvalue weighted by molar-refractivity contribution is 9.10. The minimum atomic E-state index is 0.355. The van der Waals surface area contributed by atoms with Crippen LogP contribution in [0.15, 0.2) is 16.6 Å². The van der Waals surface area contributed by atoms with Crippen LogP contribution in [0.25, 0.3) is 0 Å². The van der Waals surface area contributed by atoms with Gasteiger partial charge in [0.15, 0.2) is 0 Å². The third-order valence-electron chi connectivity index (χ3n) is 2.56. The van der Waals surface area contributed by atoms with E-state index in [4.69, 9.17) is 0 Å². The molecule has 0 amide bonds. The van der Waals surface area contributed by atoms with E-state index in [1.54, 1.807) is 0 Å². The van der Waals surface area contributed by atoms with Crippen LogP contribution in [0.5, 0.6) is 5.75 Å². The van der Waals surface area contributed by atoms with Crippen molar-refractivity contribution in [3.05, 3.63) is 27.7 Å². The summed E-state index contributed by atoms with van der Waals surface area (Å²) in [5.41, 5.74) is 2.12. The molecule has 0 spiro atoms. The zero-order valence-corrected chi connectivity index (χ0v) is 11.6. The number of aromatic hydroxyl groups is 1. The second-order valence-corrected chi connectivity index (χ2v) is 4.99. The fourth-order valence-corrected chi connectivity index (χ4v) is 2.28. The molecule has 0 aliphatic carbocycles. The molecule has 0 aliphatic heterocycles. The predicted octanol–water partition coefficient (Wildman–Crippen LogP) is 3.74. The van der Waals surface area contributed by atoms with Crippen LogP contribution in [0.2, 0.25) is 0 Å². The number of phenolic OH excluding ortho intramolecular Hbond substituents is 1. The standard InChI is InChI=1S/C13H20BrNO/c1-3-4-5-6-15-9-11-7-10(2)8-12(14)13(11)16/h7-8,15-16H,3-6,9H2,1-2H3. The SMILES string of the molecule is CCCCCNCc1cc(C)cc(Br)c1O. The second-order valence-electron chi connectivity index (χ2n) is 4.14. The first-order valence-corrected chi connectivity index (χ1v) is 6.63. The molecule has 0 atom stereocenters. The lowest BCUT2D eigenvalue weighted by Crippen LogP contribution is -2.14. The third-order valence-corrected chi connectivity index (χ3v) is 3.16. The zero-order valence-electron chi connectivity index (χ0n) is 10.0. The van der Waals surface area contributed by atoms with E-state index in [1.165, 1.54) is 19.3 Å². The van der Waals surface area contributed by atoms with Crippen LogP contribution in [-0.2, 0) is 6.54 Å². The van der Waals surface area contributed by atoms with Crippen molar-refractivity contribution in [2.75, 3.05) is 6.54 Å². The van der Waals surface area contributed by atoms with Gasteiger partial charge in [-0.1, -0.05) is 25.8 Å². The van der Waals surface area contributed by atoms with E-state index in [-0.39, 0.29) is 0 Å². The van der Waals surface area contributed by atoms with Crippen molar-refractivity contribution in [3.8, 4) is 5.75 Å². The Kier molecular flexibility index (Phi) is 5.85. The first-order valence-electron chi connectivity index (χ1n) is 5.84. The molecular weight excluding hydrogens is 266 g/mol. The van der Waals surface area contributed by atoms with E-state index in [1.807, 2.05) is 19.1 Å². The van der Waals surface area contributed by atoms with E-state index in [9.17, 15) is 5.11 Å². The van der Waals surface area contributed by atoms with Gasteiger partial charge in [-0.2, -0.15) is 0 Å². The largest absolute Gasteiger partial charge is 0.506 e. The average molecular weight is 286 g/mol. The fraction of sp³-hybridized carbons (Fsp3) is 0.538.